The molecule has 1 aromatic heterocycles. The first-order chi connectivity index (χ1) is 9.14. The number of hydrogen-bond donors (Lipinski definition) is 0. The average Bonchev–Trinajstić information content (AvgIpc) is 2.46. The SMILES string of the molecule is Cc1nccc(CC(C)C)c1B1OC(C)(C)C(C)(C)O1. The zero-order valence-corrected chi connectivity index (χ0v) is 13.8. The van der Waals surface area contributed by atoms with Crippen molar-refractivity contribution in [2.45, 2.75) is 66.1 Å². The Kier molecular flexibility index (Phi) is 4.00. The topological polar surface area (TPSA) is 31.4 Å². The highest BCUT2D eigenvalue weighted by molar-refractivity contribution is 6.63. The monoisotopic (exact) mass is 275 g/mol. The normalized spacial score (nSPS) is 20.7. The molecule has 0 radical (unpaired) electrons. The second-order valence-electron chi connectivity index (χ2n) is 7.16. The molecule has 1 aromatic rings. The van der Waals surface area contributed by atoms with Crippen LogP contribution in [0.2, 0.25) is 0 Å². The Bertz CT molecular complexity index is 481. The summed E-state index contributed by atoms with van der Waals surface area (Å²) in [7, 11) is -0.317. The van der Waals surface area contributed by atoms with E-state index in [1.807, 2.05) is 13.1 Å². The molecule has 1 fully saturated rings. The minimum atomic E-state index is -0.317. The summed E-state index contributed by atoms with van der Waals surface area (Å²) in [6.07, 6.45) is 2.89. The third kappa shape index (κ3) is 2.77. The van der Waals surface area contributed by atoms with Crippen molar-refractivity contribution in [2.75, 3.05) is 0 Å². The lowest BCUT2D eigenvalue weighted by molar-refractivity contribution is 0.00578. The molecule has 0 bridgehead atoms. The maximum absolute atomic E-state index is 6.19. The van der Waals surface area contributed by atoms with Crippen LogP contribution in [0.1, 0.15) is 52.8 Å². The van der Waals surface area contributed by atoms with Gasteiger partial charge < -0.3 is 9.31 Å². The number of hydrogen-bond acceptors (Lipinski definition) is 3. The van der Waals surface area contributed by atoms with Gasteiger partial charge in [0, 0.05) is 17.4 Å². The van der Waals surface area contributed by atoms with Crippen LogP contribution in [0.3, 0.4) is 0 Å². The second kappa shape index (κ2) is 5.16. The maximum Gasteiger partial charge on any atom is 0.496 e. The van der Waals surface area contributed by atoms with Crippen LogP contribution >= 0.6 is 0 Å². The van der Waals surface area contributed by atoms with Crippen molar-refractivity contribution in [3.05, 3.63) is 23.5 Å². The first-order valence-electron chi connectivity index (χ1n) is 7.44. The van der Waals surface area contributed by atoms with Crippen molar-refractivity contribution in [2.24, 2.45) is 5.92 Å². The predicted molar refractivity (Wildman–Crippen MR) is 83.2 cm³/mol. The minimum absolute atomic E-state index is 0.310. The predicted octanol–water partition coefficient (Wildman–Crippen LogP) is 2.89. The van der Waals surface area contributed by atoms with Crippen LogP contribution in [0.4, 0.5) is 0 Å². The van der Waals surface area contributed by atoms with Gasteiger partial charge in [-0.25, -0.2) is 0 Å². The van der Waals surface area contributed by atoms with Crippen molar-refractivity contribution in [3.8, 4) is 0 Å². The van der Waals surface area contributed by atoms with Crippen molar-refractivity contribution in [1.82, 2.24) is 4.98 Å². The van der Waals surface area contributed by atoms with Crippen LogP contribution in [-0.2, 0) is 15.7 Å². The van der Waals surface area contributed by atoms with Gasteiger partial charge >= 0.3 is 7.12 Å². The lowest BCUT2D eigenvalue weighted by Gasteiger charge is -2.32. The Balaban J connectivity index is 2.39. The first kappa shape index (κ1) is 15.5. The summed E-state index contributed by atoms with van der Waals surface area (Å²) in [5.74, 6) is 0.595. The van der Waals surface area contributed by atoms with Gasteiger partial charge in [0.05, 0.1) is 11.2 Å². The Morgan fingerprint density at radius 1 is 1.15 bits per heavy atom. The number of nitrogens with zero attached hydrogens (tertiary/aromatic N) is 1. The fourth-order valence-electron chi connectivity index (χ4n) is 2.53. The molecule has 1 aliphatic heterocycles. The molecule has 0 amide bonds. The quantitative estimate of drug-likeness (QED) is 0.795. The molecule has 20 heavy (non-hydrogen) atoms. The van der Waals surface area contributed by atoms with E-state index in [1.54, 1.807) is 0 Å². The average molecular weight is 275 g/mol. The number of pyridine rings is 1. The largest absolute Gasteiger partial charge is 0.496 e. The summed E-state index contributed by atoms with van der Waals surface area (Å²) in [6, 6.07) is 2.09. The zero-order chi connectivity index (χ0) is 15.1. The molecule has 0 spiro atoms. The summed E-state index contributed by atoms with van der Waals surface area (Å²) in [5, 5.41) is 0. The van der Waals surface area contributed by atoms with Crippen molar-refractivity contribution < 1.29 is 9.31 Å². The van der Waals surface area contributed by atoms with Gasteiger partial charge in [0.15, 0.2) is 0 Å². The molecule has 2 rings (SSSR count). The van der Waals surface area contributed by atoms with Crippen molar-refractivity contribution in [1.29, 1.82) is 0 Å². The van der Waals surface area contributed by atoms with E-state index in [0.717, 1.165) is 17.6 Å². The maximum atomic E-state index is 6.19. The molecule has 1 aliphatic rings. The highest BCUT2D eigenvalue weighted by Gasteiger charge is 2.52. The molecular weight excluding hydrogens is 249 g/mol. The minimum Gasteiger partial charge on any atom is -0.399 e. The first-order valence-corrected chi connectivity index (χ1v) is 7.44. The summed E-state index contributed by atoms with van der Waals surface area (Å²) in [6.45, 7) is 14.8. The van der Waals surface area contributed by atoms with E-state index >= 15 is 0 Å². The molecule has 110 valence electrons. The molecule has 0 unspecified atom stereocenters. The summed E-state index contributed by atoms with van der Waals surface area (Å²) in [5.41, 5.74) is 2.77. The fourth-order valence-corrected chi connectivity index (χ4v) is 2.53. The third-order valence-corrected chi connectivity index (χ3v) is 4.40. The third-order valence-electron chi connectivity index (χ3n) is 4.40. The second-order valence-corrected chi connectivity index (χ2v) is 7.16. The lowest BCUT2D eigenvalue weighted by Crippen LogP contribution is -2.41. The molecule has 0 aliphatic carbocycles. The molecule has 2 heterocycles. The van der Waals surface area contributed by atoms with Crippen LogP contribution in [0.15, 0.2) is 12.3 Å². The zero-order valence-electron chi connectivity index (χ0n) is 13.8. The van der Waals surface area contributed by atoms with E-state index in [9.17, 15) is 0 Å². The van der Waals surface area contributed by atoms with E-state index in [-0.39, 0.29) is 18.3 Å². The Labute approximate surface area is 123 Å². The van der Waals surface area contributed by atoms with E-state index in [1.165, 1.54) is 5.56 Å². The number of rotatable bonds is 3. The Morgan fingerprint density at radius 3 is 2.20 bits per heavy atom. The van der Waals surface area contributed by atoms with Crippen LogP contribution in [-0.4, -0.2) is 23.3 Å². The van der Waals surface area contributed by atoms with Gasteiger partial charge in [-0.05, 0) is 58.6 Å². The molecule has 0 atom stereocenters. The van der Waals surface area contributed by atoms with E-state index in [0.29, 0.717) is 5.92 Å². The van der Waals surface area contributed by atoms with Crippen molar-refractivity contribution >= 4 is 12.6 Å². The Hall–Kier alpha value is -0.865. The summed E-state index contributed by atoms with van der Waals surface area (Å²) < 4.78 is 12.4. The lowest BCUT2D eigenvalue weighted by atomic mass is 9.73. The van der Waals surface area contributed by atoms with E-state index in [4.69, 9.17) is 9.31 Å². The number of aromatic nitrogens is 1. The van der Waals surface area contributed by atoms with Crippen LogP contribution < -0.4 is 5.46 Å². The highest BCUT2D eigenvalue weighted by Crippen LogP contribution is 2.36. The van der Waals surface area contributed by atoms with Gasteiger partial charge in [-0.1, -0.05) is 13.8 Å². The van der Waals surface area contributed by atoms with Gasteiger partial charge in [0.1, 0.15) is 0 Å². The highest BCUT2D eigenvalue weighted by atomic mass is 16.7. The molecule has 1 saturated heterocycles. The summed E-state index contributed by atoms with van der Waals surface area (Å²) in [4.78, 5) is 4.43. The smallest absolute Gasteiger partial charge is 0.399 e. The van der Waals surface area contributed by atoms with Crippen LogP contribution in [0.25, 0.3) is 0 Å². The molecule has 4 heteroatoms. The molecule has 0 saturated carbocycles. The molecule has 3 nitrogen and oxygen atoms in total. The van der Waals surface area contributed by atoms with Crippen LogP contribution in [0, 0.1) is 12.8 Å². The van der Waals surface area contributed by atoms with E-state index in [2.05, 4.69) is 52.6 Å². The molecule has 0 N–H and O–H groups in total. The molecular formula is C16H26BNO2. The van der Waals surface area contributed by atoms with Gasteiger partial charge in [0.2, 0.25) is 0 Å². The van der Waals surface area contributed by atoms with Crippen LogP contribution in [0.5, 0.6) is 0 Å². The standard InChI is InChI=1S/C16H26BNO2/c1-11(2)10-13-8-9-18-12(3)14(13)17-19-15(4,5)16(6,7)20-17/h8-9,11H,10H2,1-7H3. The van der Waals surface area contributed by atoms with E-state index < -0.39 is 0 Å². The van der Waals surface area contributed by atoms with Crippen molar-refractivity contribution in [3.63, 3.8) is 0 Å². The van der Waals surface area contributed by atoms with Gasteiger partial charge in [-0.2, -0.15) is 0 Å². The van der Waals surface area contributed by atoms with Gasteiger partial charge in [-0.15, -0.1) is 0 Å². The fraction of sp³-hybridized carbons (Fsp3) is 0.688. The summed E-state index contributed by atoms with van der Waals surface area (Å²) >= 11 is 0. The van der Waals surface area contributed by atoms with Gasteiger partial charge in [0.25, 0.3) is 0 Å². The van der Waals surface area contributed by atoms with Gasteiger partial charge in [-0.3, -0.25) is 4.98 Å². The Morgan fingerprint density at radius 2 is 1.70 bits per heavy atom. The molecule has 0 aromatic carbocycles. The number of aryl methyl sites for hydroxylation is 1.